The smallest absolute Gasteiger partial charge is 0.255 e. The molecule has 0 saturated heterocycles. The van der Waals surface area contributed by atoms with Crippen molar-refractivity contribution in [3.63, 3.8) is 0 Å². The average Bonchev–Trinajstić information content (AvgIpc) is 2.42. The molecule has 0 spiro atoms. The van der Waals surface area contributed by atoms with E-state index in [-0.39, 0.29) is 13.0 Å². The number of rotatable bonds is 4. The van der Waals surface area contributed by atoms with Gasteiger partial charge in [0.1, 0.15) is 0 Å². The largest absolute Gasteiger partial charge is 0.487 e. The highest BCUT2D eigenvalue weighted by Crippen LogP contribution is 2.24. The van der Waals surface area contributed by atoms with Crippen LogP contribution in [0.5, 0.6) is 5.75 Å². The van der Waals surface area contributed by atoms with E-state index in [1.165, 1.54) is 0 Å². The van der Waals surface area contributed by atoms with Crippen molar-refractivity contribution in [1.82, 2.24) is 9.97 Å². The second-order valence-electron chi connectivity index (χ2n) is 3.57. The second kappa shape index (κ2) is 5.64. The quantitative estimate of drug-likeness (QED) is 0.634. The molecule has 19 heavy (non-hydrogen) atoms. The molecule has 2 aromatic heterocycles. The molecule has 0 aliphatic heterocycles. The maximum Gasteiger partial charge on any atom is 0.255 e. The molecule has 3 nitrogen and oxygen atoms in total. The SMILES string of the molecule is Fc1nc(F)c(F)c(OCCc2ccccn2)c1F. The first-order valence-electron chi connectivity index (χ1n) is 5.32. The van der Waals surface area contributed by atoms with Gasteiger partial charge in [-0.05, 0) is 12.1 Å². The first-order valence-corrected chi connectivity index (χ1v) is 5.32. The maximum absolute atomic E-state index is 13.2. The minimum absolute atomic E-state index is 0.173. The van der Waals surface area contributed by atoms with E-state index < -0.39 is 29.3 Å². The summed E-state index contributed by atoms with van der Waals surface area (Å²) < 4.78 is 56.7. The lowest BCUT2D eigenvalue weighted by atomic mass is 10.3. The molecule has 0 amide bonds. The highest BCUT2D eigenvalue weighted by Gasteiger charge is 2.22. The van der Waals surface area contributed by atoms with Gasteiger partial charge in [-0.1, -0.05) is 6.07 Å². The third-order valence-corrected chi connectivity index (χ3v) is 2.29. The van der Waals surface area contributed by atoms with E-state index in [1.54, 1.807) is 24.4 Å². The predicted octanol–water partition coefficient (Wildman–Crippen LogP) is 2.65. The summed E-state index contributed by atoms with van der Waals surface area (Å²) in [7, 11) is 0. The molecule has 2 heterocycles. The van der Waals surface area contributed by atoms with E-state index >= 15 is 0 Å². The molecule has 0 bridgehead atoms. The van der Waals surface area contributed by atoms with Gasteiger partial charge < -0.3 is 4.74 Å². The van der Waals surface area contributed by atoms with Gasteiger partial charge in [-0.2, -0.15) is 22.5 Å². The topological polar surface area (TPSA) is 35.0 Å². The van der Waals surface area contributed by atoms with Gasteiger partial charge in [0, 0.05) is 18.3 Å². The van der Waals surface area contributed by atoms with Crippen molar-refractivity contribution in [3.8, 4) is 5.75 Å². The molecule has 7 heteroatoms. The predicted molar refractivity (Wildman–Crippen MR) is 57.5 cm³/mol. The van der Waals surface area contributed by atoms with Crippen molar-refractivity contribution >= 4 is 0 Å². The monoisotopic (exact) mass is 272 g/mol. The minimum atomic E-state index is -1.74. The van der Waals surface area contributed by atoms with Gasteiger partial charge in [-0.15, -0.1) is 0 Å². The Morgan fingerprint density at radius 2 is 1.68 bits per heavy atom. The number of aromatic nitrogens is 2. The minimum Gasteiger partial charge on any atom is -0.487 e. The third kappa shape index (κ3) is 2.98. The Morgan fingerprint density at radius 1 is 1.00 bits per heavy atom. The van der Waals surface area contributed by atoms with Gasteiger partial charge in [-0.25, -0.2) is 0 Å². The van der Waals surface area contributed by atoms with E-state index in [0.29, 0.717) is 5.69 Å². The highest BCUT2D eigenvalue weighted by atomic mass is 19.2. The Labute approximate surface area is 105 Å². The Kier molecular flexibility index (Phi) is 3.94. The number of hydrogen-bond donors (Lipinski definition) is 0. The van der Waals surface area contributed by atoms with Crippen LogP contribution >= 0.6 is 0 Å². The Morgan fingerprint density at radius 3 is 2.26 bits per heavy atom. The molecule has 2 aromatic rings. The van der Waals surface area contributed by atoms with E-state index in [0.717, 1.165) is 0 Å². The van der Waals surface area contributed by atoms with Crippen LogP contribution in [0.25, 0.3) is 0 Å². The molecular weight excluding hydrogens is 264 g/mol. The summed E-state index contributed by atoms with van der Waals surface area (Å²) in [5.74, 6) is -7.90. The van der Waals surface area contributed by atoms with Gasteiger partial charge in [0.05, 0.1) is 6.61 Å². The molecule has 0 unspecified atom stereocenters. The number of hydrogen-bond acceptors (Lipinski definition) is 3. The summed E-state index contributed by atoms with van der Waals surface area (Å²) in [4.78, 5) is 6.39. The molecule has 0 radical (unpaired) electrons. The van der Waals surface area contributed by atoms with Crippen LogP contribution in [-0.2, 0) is 6.42 Å². The van der Waals surface area contributed by atoms with Crippen LogP contribution in [0.2, 0.25) is 0 Å². The van der Waals surface area contributed by atoms with Crippen molar-refractivity contribution in [1.29, 1.82) is 0 Å². The Hall–Kier alpha value is -2.18. The lowest BCUT2D eigenvalue weighted by Crippen LogP contribution is -2.09. The lowest BCUT2D eigenvalue weighted by Gasteiger charge is -2.08. The molecule has 100 valence electrons. The molecule has 0 saturated carbocycles. The fourth-order valence-electron chi connectivity index (χ4n) is 1.40. The zero-order valence-electron chi connectivity index (χ0n) is 9.54. The van der Waals surface area contributed by atoms with Crippen molar-refractivity contribution < 1.29 is 22.3 Å². The van der Waals surface area contributed by atoms with E-state index in [1.807, 2.05) is 0 Å². The molecule has 0 atom stereocenters. The number of pyridine rings is 2. The fourth-order valence-corrected chi connectivity index (χ4v) is 1.40. The zero-order chi connectivity index (χ0) is 13.8. The molecule has 0 aliphatic rings. The van der Waals surface area contributed by atoms with Crippen molar-refractivity contribution in [3.05, 3.63) is 53.6 Å². The third-order valence-electron chi connectivity index (χ3n) is 2.29. The number of halogens is 4. The van der Waals surface area contributed by atoms with Gasteiger partial charge in [0.15, 0.2) is 5.75 Å². The lowest BCUT2D eigenvalue weighted by molar-refractivity contribution is 0.266. The summed E-state index contributed by atoms with van der Waals surface area (Å²) >= 11 is 0. The molecule has 0 N–H and O–H groups in total. The summed E-state index contributed by atoms with van der Waals surface area (Å²) in [5, 5.41) is 0. The van der Waals surface area contributed by atoms with E-state index in [4.69, 9.17) is 4.74 Å². The highest BCUT2D eigenvalue weighted by molar-refractivity contribution is 5.24. The van der Waals surface area contributed by atoms with E-state index in [2.05, 4.69) is 9.97 Å². The number of ether oxygens (including phenoxy) is 1. The van der Waals surface area contributed by atoms with Gasteiger partial charge in [0.2, 0.25) is 11.6 Å². The van der Waals surface area contributed by atoms with Crippen LogP contribution in [0.1, 0.15) is 5.69 Å². The number of nitrogens with zero attached hydrogens (tertiary/aromatic N) is 2. The first kappa shape index (κ1) is 13.3. The van der Waals surface area contributed by atoms with Crippen LogP contribution in [-0.4, -0.2) is 16.6 Å². The molecule has 2 rings (SSSR count). The molecule has 0 fully saturated rings. The van der Waals surface area contributed by atoms with Crippen LogP contribution in [0.4, 0.5) is 17.6 Å². The van der Waals surface area contributed by atoms with Gasteiger partial charge in [0.25, 0.3) is 11.9 Å². The summed E-state index contributed by atoms with van der Waals surface area (Å²) in [6.07, 6.45) is 1.79. The van der Waals surface area contributed by atoms with Crippen LogP contribution in [0, 0.1) is 23.5 Å². The molecule has 0 aliphatic carbocycles. The van der Waals surface area contributed by atoms with Crippen LogP contribution in [0.3, 0.4) is 0 Å². The van der Waals surface area contributed by atoms with Crippen molar-refractivity contribution in [2.75, 3.05) is 6.61 Å². The maximum atomic E-state index is 13.2. The fraction of sp³-hybridized carbons (Fsp3) is 0.167. The normalized spacial score (nSPS) is 10.5. The van der Waals surface area contributed by atoms with E-state index in [9.17, 15) is 17.6 Å². The molecule has 0 aromatic carbocycles. The van der Waals surface area contributed by atoms with Gasteiger partial charge in [-0.3, -0.25) is 4.98 Å². The van der Waals surface area contributed by atoms with Crippen LogP contribution in [0.15, 0.2) is 24.4 Å². The summed E-state index contributed by atoms with van der Waals surface area (Å²) in [5.41, 5.74) is 0.623. The zero-order valence-corrected chi connectivity index (χ0v) is 9.54. The Balaban J connectivity index is 2.08. The summed E-state index contributed by atoms with van der Waals surface area (Å²) in [6, 6.07) is 5.12. The first-order chi connectivity index (χ1) is 9.09. The molecular formula is C12H8F4N2O. The van der Waals surface area contributed by atoms with Crippen LogP contribution < -0.4 is 4.74 Å². The second-order valence-corrected chi connectivity index (χ2v) is 3.57. The summed E-state index contributed by atoms with van der Waals surface area (Å²) in [6.45, 7) is -0.173. The Bertz CT molecular complexity index is 551. The standard InChI is InChI=1S/C12H8F4N2O/c13-8-10(9(14)12(16)18-11(8)15)19-6-4-7-3-1-2-5-17-7/h1-3,5H,4,6H2. The van der Waals surface area contributed by atoms with Gasteiger partial charge >= 0.3 is 0 Å². The average molecular weight is 272 g/mol. The van der Waals surface area contributed by atoms with Crippen molar-refractivity contribution in [2.24, 2.45) is 0 Å². The van der Waals surface area contributed by atoms with Crippen molar-refractivity contribution in [2.45, 2.75) is 6.42 Å².